The molecule has 1 aromatic carbocycles. The zero-order valence-electron chi connectivity index (χ0n) is 17.0. The lowest BCUT2D eigenvalue weighted by Crippen LogP contribution is -2.60. The van der Waals surface area contributed by atoms with E-state index >= 15 is 0 Å². The number of aliphatic hydroxyl groups is 1. The van der Waals surface area contributed by atoms with Gasteiger partial charge in [0.05, 0.1) is 37.1 Å². The fraction of sp³-hybridized carbons (Fsp3) is 0.429. The Hall–Kier alpha value is -3.04. The molecular formula is C21H25N5O4. The van der Waals surface area contributed by atoms with Gasteiger partial charge in [-0.3, -0.25) is 14.5 Å². The summed E-state index contributed by atoms with van der Waals surface area (Å²) in [7, 11) is 0. The number of nitrogens with one attached hydrogen (secondary N) is 1. The maximum atomic E-state index is 13.0. The Labute approximate surface area is 174 Å². The minimum atomic E-state index is -1.37. The molecule has 0 saturated carbocycles. The predicted octanol–water partition coefficient (Wildman–Crippen LogP) is 0.721. The third-order valence-electron chi connectivity index (χ3n) is 5.23. The van der Waals surface area contributed by atoms with E-state index in [1.807, 2.05) is 24.3 Å². The largest absolute Gasteiger partial charge is 0.487 e. The topological polar surface area (TPSA) is 108 Å². The average Bonchev–Trinajstić information content (AvgIpc) is 2.64. The van der Waals surface area contributed by atoms with E-state index in [4.69, 9.17) is 4.74 Å². The van der Waals surface area contributed by atoms with Crippen LogP contribution in [0.5, 0.6) is 5.75 Å². The second-order valence-corrected chi connectivity index (χ2v) is 8.13. The van der Waals surface area contributed by atoms with Gasteiger partial charge in [-0.2, -0.15) is 10.2 Å². The van der Waals surface area contributed by atoms with Crippen molar-refractivity contribution in [1.82, 2.24) is 20.4 Å². The highest BCUT2D eigenvalue weighted by molar-refractivity contribution is 6.02. The van der Waals surface area contributed by atoms with Gasteiger partial charge < -0.3 is 20.1 Å². The number of ether oxygens (including phenoxy) is 1. The second kappa shape index (κ2) is 8.00. The van der Waals surface area contributed by atoms with E-state index in [0.29, 0.717) is 37.6 Å². The molecule has 9 heteroatoms. The van der Waals surface area contributed by atoms with E-state index in [1.165, 1.54) is 13.8 Å². The quantitative estimate of drug-likeness (QED) is 0.721. The average molecular weight is 411 g/mol. The molecule has 0 radical (unpaired) electrons. The zero-order chi connectivity index (χ0) is 21.3. The number of nitrogens with zero attached hydrogens (tertiary/aromatic N) is 4. The molecule has 158 valence electrons. The molecule has 1 aromatic heterocycles. The minimum absolute atomic E-state index is 0.00943. The summed E-state index contributed by atoms with van der Waals surface area (Å²) in [6, 6.07) is 9.04. The summed E-state index contributed by atoms with van der Waals surface area (Å²) in [5.74, 6) is 0.298. The van der Waals surface area contributed by atoms with Gasteiger partial charge in [-0.05, 0) is 44.2 Å². The number of aromatic nitrogens is 2. The van der Waals surface area contributed by atoms with Gasteiger partial charge in [-0.25, -0.2) is 0 Å². The number of benzene rings is 1. The van der Waals surface area contributed by atoms with E-state index in [2.05, 4.69) is 15.5 Å². The molecule has 2 aromatic rings. The molecule has 2 aliphatic rings. The van der Waals surface area contributed by atoms with Crippen LogP contribution in [0, 0.1) is 5.92 Å². The SMILES string of the molecule is CC(C)(O)C(=O)N1CC(Oc2ccc(N(C(=O)C3CNC3)c3ccnnc3)cc2)C1. The van der Waals surface area contributed by atoms with Gasteiger partial charge in [-0.1, -0.05) is 0 Å². The summed E-state index contributed by atoms with van der Waals surface area (Å²) in [4.78, 5) is 28.2. The summed E-state index contributed by atoms with van der Waals surface area (Å²) in [6.45, 7) is 5.16. The Morgan fingerprint density at radius 2 is 1.83 bits per heavy atom. The lowest BCUT2D eigenvalue weighted by atomic mass is 10.0. The lowest BCUT2D eigenvalue weighted by molar-refractivity contribution is -0.156. The molecule has 0 unspecified atom stereocenters. The van der Waals surface area contributed by atoms with Crippen LogP contribution in [0.3, 0.4) is 0 Å². The third kappa shape index (κ3) is 4.12. The van der Waals surface area contributed by atoms with Gasteiger partial charge in [0, 0.05) is 18.8 Å². The van der Waals surface area contributed by atoms with Crippen molar-refractivity contribution >= 4 is 23.2 Å². The monoisotopic (exact) mass is 411 g/mol. The molecule has 2 fully saturated rings. The standard InChI is InChI=1S/C21H25N5O4/c1-21(2,29)20(28)25-12-18(13-25)30-17-5-3-15(4-6-17)26(16-7-8-23-24-11-16)19(27)14-9-22-10-14/h3-8,11,14,18,22,29H,9-10,12-13H2,1-2H3. The van der Waals surface area contributed by atoms with Gasteiger partial charge in [-0.15, -0.1) is 0 Å². The molecule has 9 nitrogen and oxygen atoms in total. The van der Waals surface area contributed by atoms with E-state index < -0.39 is 5.60 Å². The van der Waals surface area contributed by atoms with Gasteiger partial charge >= 0.3 is 0 Å². The molecule has 4 rings (SSSR count). The highest BCUT2D eigenvalue weighted by Gasteiger charge is 2.38. The summed E-state index contributed by atoms with van der Waals surface area (Å²) in [5, 5.41) is 20.6. The predicted molar refractivity (Wildman–Crippen MR) is 109 cm³/mol. The van der Waals surface area contributed by atoms with Crippen molar-refractivity contribution in [3.8, 4) is 5.75 Å². The molecule has 2 amide bonds. The normalized spacial score (nSPS) is 17.1. The Bertz CT molecular complexity index is 903. The van der Waals surface area contributed by atoms with Crippen LogP contribution in [-0.4, -0.2) is 69.9 Å². The molecule has 30 heavy (non-hydrogen) atoms. The summed E-state index contributed by atoms with van der Waals surface area (Å²) in [6.07, 6.45) is 3.01. The molecule has 0 aliphatic carbocycles. The zero-order valence-corrected chi connectivity index (χ0v) is 17.0. The van der Waals surface area contributed by atoms with E-state index in [1.54, 1.807) is 28.3 Å². The Balaban J connectivity index is 1.43. The van der Waals surface area contributed by atoms with Crippen LogP contribution >= 0.6 is 0 Å². The number of amides is 2. The second-order valence-electron chi connectivity index (χ2n) is 8.13. The molecule has 0 bridgehead atoms. The Morgan fingerprint density at radius 1 is 1.13 bits per heavy atom. The van der Waals surface area contributed by atoms with Gasteiger partial charge in [0.25, 0.3) is 5.91 Å². The fourth-order valence-corrected chi connectivity index (χ4v) is 3.40. The van der Waals surface area contributed by atoms with Crippen molar-refractivity contribution < 1.29 is 19.4 Å². The van der Waals surface area contributed by atoms with Crippen LogP contribution in [0.2, 0.25) is 0 Å². The number of carbonyl (C=O) groups excluding carboxylic acids is 2. The van der Waals surface area contributed by atoms with Gasteiger partial charge in [0.15, 0.2) is 0 Å². The van der Waals surface area contributed by atoms with E-state index in [0.717, 1.165) is 5.69 Å². The van der Waals surface area contributed by atoms with Gasteiger partial charge in [0.2, 0.25) is 5.91 Å². The summed E-state index contributed by atoms with van der Waals surface area (Å²) < 4.78 is 5.91. The van der Waals surface area contributed by atoms with Crippen LogP contribution in [0.1, 0.15) is 13.8 Å². The highest BCUT2D eigenvalue weighted by atomic mass is 16.5. The van der Waals surface area contributed by atoms with Crippen LogP contribution in [-0.2, 0) is 9.59 Å². The summed E-state index contributed by atoms with van der Waals surface area (Å²) in [5.41, 5.74) is 0.00967. The first kappa shape index (κ1) is 20.2. The first-order valence-corrected chi connectivity index (χ1v) is 9.93. The Kier molecular flexibility index (Phi) is 5.40. The first-order valence-electron chi connectivity index (χ1n) is 9.93. The highest BCUT2D eigenvalue weighted by Crippen LogP contribution is 2.30. The number of anilines is 2. The molecule has 2 aliphatic heterocycles. The first-order chi connectivity index (χ1) is 14.3. The summed E-state index contributed by atoms with van der Waals surface area (Å²) >= 11 is 0. The number of hydrogen-bond acceptors (Lipinski definition) is 7. The number of carbonyl (C=O) groups is 2. The number of hydrogen-bond donors (Lipinski definition) is 2. The van der Waals surface area contributed by atoms with Crippen molar-refractivity contribution in [3.05, 3.63) is 42.7 Å². The number of rotatable bonds is 6. The molecule has 3 heterocycles. The van der Waals surface area contributed by atoms with Crippen LogP contribution in [0.25, 0.3) is 0 Å². The molecule has 0 atom stereocenters. The Morgan fingerprint density at radius 3 is 2.37 bits per heavy atom. The molecule has 2 saturated heterocycles. The lowest BCUT2D eigenvalue weighted by Gasteiger charge is -2.41. The smallest absolute Gasteiger partial charge is 0.254 e. The van der Waals surface area contributed by atoms with Crippen molar-refractivity contribution in [2.45, 2.75) is 25.6 Å². The van der Waals surface area contributed by atoms with Crippen LogP contribution in [0.4, 0.5) is 11.4 Å². The molecule has 2 N–H and O–H groups in total. The molecular weight excluding hydrogens is 386 g/mol. The van der Waals surface area contributed by atoms with E-state index in [9.17, 15) is 14.7 Å². The third-order valence-corrected chi connectivity index (χ3v) is 5.23. The van der Waals surface area contributed by atoms with E-state index in [-0.39, 0.29) is 23.8 Å². The van der Waals surface area contributed by atoms with Gasteiger partial charge in [0.1, 0.15) is 17.5 Å². The maximum Gasteiger partial charge on any atom is 0.254 e. The maximum absolute atomic E-state index is 13.0. The van der Waals surface area contributed by atoms with Crippen molar-refractivity contribution in [3.63, 3.8) is 0 Å². The van der Waals surface area contributed by atoms with Crippen molar-refractivity contribution in [1.29, 1.82) is 0 Å². The molecule has 0 spiro atoms. The fourth-order valence-electron chi connectivity index (χ4n) is 3.40. The van der Waals surface area contributed by atoms with Crippen LogP contribution < -0.4 is 15.0 Å². The minimum Gasteiger partial charge on any atom is -0.487 e. The van der Waals surface area contributed by atoms with Crippen LogP contribution in [0.15, 0.2) is 42.7 Å². The number of likely N-dealkylation sites (tertiary alicyclic amines) is 1. The van der Waals surface area contributed by atoms with Crippen molar-refractivity contribution in [2.75, 3.05) is 31.1 Å². The van der Waals surface area contributed by atoms with Crippen molar-refractivity contribution in [2.24, 2.45) is 5.92 Å².